The van der Waals surface area contributed by atoms with E-state index in [0.29, 0.717) is 12.8 Å². The monoisotopic (exact) mass is 464 g/mol. The second-order valence-electron chi connectivity index (χ2n) is 9.23. The molecule has 10 nitrogen and oxygen atoms in total. The maximum atomic E-state index is 13.0. The van der Waals surface area contributed by atoms with Crippen LogP contribution in [0.4, 0.5) is 0 Å². The molecule has 3 heterocycles. The summed E-state index contributed by atoms with van der Waals surface area (Å²) in [7, 11) is 1.19. The Balaban J connectivity index is 1.82. The predicted molar refractivity (Wildman–Crippen MR) is 110 cm³/mol. The van der Waals surface area contributed by atoms with Crippen molar-refractivity contribution < 1.29 is 47.6 Å². The standard InChI is InChI=1S/C23H28O10/c1-10-14-16(29-12(3)24)15(31-21(27)23(5)11(2)32-23)13(20(26)28-6)8-7-9-22(4)18(33-22)17(14)30-19(10)25/h8,11,14-18H,1,7,9H2,2-6H3/b13-8+/t11-,14+,15-,16-,17-,18+,22+,23+/m0/s1. The van der Waals surface area contributed by atoms with E-state index in [0.717, 1.165) is 0 Å². The first-order chi connectivity index (χ1) is 15.4. The molecule has 0 N–H and O–H groups in total. The van der Waals surface area contributed by atoms with Gasteiger partial charge in [-0.15, -0.1) is 0 Å². The molecule has 0 unspecified atom stereocenters. The largest absolute Gasteiger partial charge is 0.466 e. The van der Waals surface area contributed by atoms with Crippen LogP contribution in [0.25, 0.3) is 0 Å². The fraction of sp³-hybridized carbons (Fsp3) is 0.652. The fourth-order valence-corrected chi connectivity index (χ4v) is 4.66. The van der Waals surface area contributed by atoms with Crippen LogP contribution in [-0.4, -0.2) is 72.7 Å². The molecule has 33 heavy (non-hydrogen) atoms. The third-order valence-electron chi connectivity index (χ3n) is 6.97. The van der Waals surface area contributed by atoms with E-state index in [2.05, 4.69) is 6.58 Å². The first kappa shape index (κ1) is 23.4. The van der Waals surface area contributed by atoms with Gasteiger partial charge in [0.25, 0.3) is 0 Å². The van der Waals surface area contributed by atoms with Crippen LogP contribution in [0.1, 0.15) is 40.5 Å². The van der Waals surface area contributed by atoms with Crippen LogP contribution < -0.4 is 0 Å². The highest BCUT2D eigenvalue weighted by molar-refractivity contribution is 5.93. The lowest BCUT2D eigenvalue weighted by molar-refractivity contribution is -0.174. The second kappa shape index (κ2) is 7.95. The zero-order chi connectivity index (χ0) is 24.3. The molecular formula is C23H28O10. The number of epoxide rings is 2. The highest BCUT2D eigenvalue weighted by Crippen LogP contribution is 2.51. The lowest BCUT2D eigenvalue weighted by atomic mass is 9.80. The molecule has 4 rings (SSSR count). The molecule has 8 atom stereocenters. The molecule has 3 saturated heterocycles. The summed E-state index contributed by atoms with van der Waals surface area (Å²) in [5, 5.41) is 0. The molecule has 0 aromatic rings. The summed E-state index contributed by atoms with van der Waals surface area (Å²) in [5.41, 5.74) is -1.77. The molecule has 180 valence electrons. The minimum absolute atomic E-state index is 0.0115. The van der Waals surface area contributed by atoms with Crippen molar-refractivity contribution in [1.29, 1.82) is 0 Å². The molecule has 3 fully saturated rings. The molecule has 0 aromatic heterocycles. The summed E-state index contributed by atoms with van der Waals surface area (Å²) in [5.74, 6) is -3.77. The molecule has 4 aliphatic rings. The Morgan fingerprint density at radius 2 is 1.85 bits per heavy atom. The SMILES string of the molecule is C=C1C(=O)O[C@H]2[C@H]1[C@H](OC(C)=O)[C@@H](OC(=O)[C@]1(C)O[C@H]1C)/C(C(=O)OC)=C\CC[C@@]1(C)O[C@H]21. The smallest absolute Gasteiger partial charge is 0.341 e. The molecule has 3 aliphatic heterocycles. The van der Waals surface area contributed by atoms with E-state index in [1.807, 2.05) is 6.92 Å². The third kappa shape index (κ3) is 3.95. The summed E-state index contributed by atoms with van der Waals surface area (Å²) in [6.07, 6.45) is -1.86. The van der Waals surface area contributed by atoms with Crippen molar-refractivity contribution in [3.8, 4) is 0 Å². The summed E-state index contributed by atoms with van der Waals surface area (Å²) in [6.45, 7) is 10.2. The number of methoxy groups -OCH3 is 1. The minimum Gasteiger partial charge on any atom is -0.466 e. The van der Waals surface area contributed by atoms with E-state index in [1.165, 1.54) is 14.0 Å². The number of carbonyl (C=O) groups is 4. The predicted octanol–water partition coefficient (Wildman–Crippen LogP) is 1.16. The van der Waals surface area contributed by atoms with Gasteiger partial charge in [-0.25, -0.2) is 14.4 Å². The molecule has 0 spiro atoms. The van der Waals surface area contributed by atoms with Crippen molar-refractivity contribution in [1.82, 2.24) is 0 Å². The molecule has 10 heteroatoms. The van der Waals surface area contributed by atoms with E-state index < -0.39 is 65.4 Å². The molecule has 0 bridgehead atoms. The van der Waals surface area contributed by atoms with Crippen LogP contribution in [0.2, 0.25) is 0 Å². The molecule has 0 amide bonds. The highest BCUT2D eigenvalue weighted by atomic mass is 16.7. The van der Waals surface area contributed by atoms with Crippen molar-refractivity contribution in [2.24, 2.45) is 5.92 Å². The van der Waals surface area contributed by atoms with Crippen molar-refractivity contribution in [3.63, 3.8) is 0 Å². The first-order valence-corrected chi connectivity index (χ1v) is 10.8. The van der Waals surface area contributed by atoms with Crippen LogP contribution >= 0.6 is 0 Å². The highest BCUT2D eigenvalue weighted by Gasteiger charge is 2.65. The molecule has 0 radical (unpaired) electrons. The van der Waals surface area contributed by atoms with Crippen LogP contribution in [0, 0.1) is 5.92 Å². The van der Waals surface area contributed by atoms with Gasteiger partial charge in [0.2, 0.25) is 0 Å². The van der Waals surface area contributed by atoms with Crippen LogP contribution in [0.15, 0.2) is 23.8 Å². The fourth-order valence-electron chi connectivity index (χ4n) is 4.66. The topological polar surface area (TPSA) is 130 Å². The van der Waals surface area contributed by atoms with Gasteiger partial charge in [-0.2, -0.15) is 0 Å². The van der Waals surface area contributed by atoms with E-state index in [9.17, 15) is 19.2 Å². The maximum Gasteiger partial charge on any atom is 0.341 e. The molecule has 1 aliphatic carbocycles. The first-order valence-electron chi connectivity index (χ1n) is 10.8. The molecule has 0 aromatic carbocycles. The Morgan fingerprint density at radius 3 is 2.42 bits per heavy atom. The van der Waals surface area contributed by atoms with Gasteiger partial charge in [-0.1, -0.05) is 12.7 Å². The minimum atomic E-state index is -1.39. The van der Waals surface area contributed by atoms with E-state index in [4.69, 9.17) is 28.4 Å². The van der Waals surface area contributed by atoms with Gasteiger partial charge in [0, 0.05) is 12.5 Å². The number of rotatable bonds is 4. The zero-order valence-electron chi connectivity index (χ0n) is 19.2. The van der Waals surface area contributed by atoms with Gasteiger partial charge < -0.3 is 28.4 Å². The normalized spacial score (nSPS) is 43.1. The number of esters is 4. The van der Waals surface area contributed by atoms with Gasteiger partial charge in [0.1, 0.15) is 12.2 Å². The van der Waals surface area contributed by atoms with E-state index in [-0.39, 0.29) is 17.3 Å². The number of ether oxygens (including phenoxy) is 6. The van der Waals surface area contributed by atoms with Crippen LogP contribution in [0.3, 0.4) is 0 Å². The average Bonchev–Trinajstić information content (AvgIpc) is 3.57. The number of fused-ring (bicyclic) bond motifs is 3. The quantitative estimate of drug-likeness (QED) is 0.258. The average molecular weight is 464 g/mol. The Kier molecular flexibility index (Phi) is 5.65. The van der Waals surface area contributed by atoms with Gasteiger partial charge in [-0.3, -0.25) is 4.79 Å². The number of carbonyl (C=O) groups excluding carboxylic acids is 4. The Hall–Kier alpha value is -2.72. The van der Waals surface area contributed by atoms with E-state index in [1.54, 1.807) is 19.9 Å². The number of hydrogen-bond donors (Lipinski definition) is 0. The molecule has 0 saturated carbocycles. The summed E-state index contributed by atoms with van der Waals surface area (Å²) in [6, 6.07) is 0. The van der Waals surface area contributed by atoms with Crippen molar-refractivity contribution >= 4 is 23.9 Å². The van der Waals surface area contributed by atoms with Crippen LogP contribution in [-0.2, 0) is 47.6 Å². The summed E-state index contributed by atoms with van der Waals surface area (Å²) in [4.78, 5) is 50.4. The van der Waals surface area contributed by atoms with Crippen molar-refractivity contribution in [2.45, 2.75) is 82.3 Å². The van der Waals surface area contributed by atoms with Gasteiger partial charge in [0.15, 0.2) is 17.8 Å². The van der Waals surface area contributed by atoms with Crippen molar-refractivity contribution in [3.05, 3.63) is 23.8 Å². The zero-order valence-corrected chi connectivity index (χ0v) is 19.2. The number of allylic oxidation sites excluding steroid dienone is 1. The summed E-state index contributed by atoms with van der Waals surface area (Å²) < 4.78 is 33.1. The maximum absolute atomic E-state index is 13.0. The molecular weight excluding hydrogens is 436 g/mol. The van der Waals surface area contributed by atoms with E-state index >= 15 is 0 Å². The second-order valence-corrected chi connectivity index (χ2v) is 9.23. The Bertz CT molecular complexity index is 953. The van der Waals surface area contributed by atoms with Gasteiger partial charge >= 0.3 is 23.9 Å². The van der Waals surface area contributed by atoms with Gasteiger partial charge in [0.05, 0.1) is 30.3 Å². The lowest BCUT2D eigenvalue weighted by Crippen LogP contribution is -2.49. The lowest BCUT2D eigenvalue weighted by Gasteiger charge is -2.34. The Labute approximate surface area is 191 Å². The van der Waals surface area contributed by atoms with Gasteiger partial charge in [-0.05, 0) is 33.6 Å². The van der Waals surface area contributed by atoms with Crippen LogP contribution in [0.5, 0.6) is 0 Å². The third-order valence-corrected chi connectivity index (χ3v) is 6.97. The Morgan fingerprint density at radius 1 is 1.18 bits per heavy atom. The summed E-state index contributed by atoms with van der Waals surface area (Å²) >= 11 is 0. The van der Waals surface area contributed by atoms with Crippen molar-refractivity contribution in [2.75, 3.05) is 7.11 Å². The number of hydrogen-bond acceptors (Lipinski definition) is 10.